The Hall–Kier alpha value is -1.51. The van der Waals surface area contributed by atoms with Crippen LogP contribution in [0.1, 0.15) is 5.56 Å². The van der Waals surface area contributed by atoms with E-state index in [0.29, 0.717) is 0 Å². The maximum absolute atomic E-state index is 13.7. The smallest absolute Gasteiger partial charge is 0.261 e. The van der Waals surface area contributed by atoms with Crippen LogP contribution >= 0.6 is 28.1 Å². The van der Waals surface area contributed by atoms with Gasteiger partial charge in [-0.05, 0) is 36.4 Å². The van der Waals surface area contributed by atoms with Crippen molar-refractivity contribution in [1.29, 1.82) is 0 Å². The van der Waals surface area contributed by atoms with Crippen LogP contribution in [-0.2, 0) is 10.0 Å². The third kappa shape index (κ3) is 3.58. The zero-order chi connectivity index (χ0) is 15.6. The molecule has 0 radical (unpaired) electrons. The molecule has 0 saturated heterocycles. The summed E-state index contributed by atoms with van der Waals surface area (Å²) in [4.78, 5) is -0.176. The molecule has 8 heteroatoms. The summed E-state index contributed by atoms with van der Waals surface area (Å²) in [5, 5.41) is 0. The van der Waals surface area contributed by atoms with Crippen molar-refractivity contribution in [3.8, 4) is 0 Å². The highest BCUT2D eigenvalue weighted by molar-refractivity contribution is 9.10. The number of hydrogen-bond acceptors (Lipinski definition) is 3. The van der Waals surface area contributed by atoms with Crippen LogP contribution in [0, 0.1) is 5.82 Å². The van der Waals surface area contributed by atoms with Crippen LogP contribution < -0.4 is 10.5 Å². The van der Waals surface area contributed by atoms with Crippen LogP contribution in [-0.4, -0.2) is 13.4 Å². The van der Waals surface area contributed by atoms with E-state index in [2.05, 4.69) is 20.7 Å². The van der Waals surface area contributed by atoms with E-state index >= 15 is 0 Å². The molecule has 4 nitrogen and oxygen atoms in total. The Bertz CT molecular complexity index is 792. The maximum atomic E-state index is 13.7. The topological polar surface area (TPSA) is 72.2 Å². The molecule has 0 heterocycles. The minimum Gasteiger partial charge on any atom is -0.389 e. The average Bonchev–Trinajstić information content (AvgIpc) is 2.38. The van der Waals surface area contributed by atoms with Crippen LogP contribution in [0.15, 0.2) is 51.8 Å². The predicted octanol–water partition coefficient (Wildman–Crippen LogP) is 3.02. The highest BCUT2D eigenvalue weighted by atomic mass is 79.9. The van der Waals surface area contributed by atoms with Gasteiger partial charge in [-0.25, -0.2) is 12.8 Å². The number of sulfonamides is 1. The summed E-state index contributed by atoms with van der Waals surface area (Å²) in [6, 6.07) is 9.96. The summed E-state index contributed by atoms with van der Waals surface area (Å²) in [5.41, 5.74) is 5.32. The first-order valence-electron chi connectivity index (χ1n) is 5.68. The molecule has 0 atom stereocenters. The highest BCUT2D eigenvalue weighted by Gasteiger charge is 2.18. The third-order valence-corrected chi connectivity index (χ3v) is 4.74. The van der Waals surface area contributed by atoms with Gasteiger partial charge in [0.25, 0.3) is 10.0 Å². The number of benzene rings is 2. The SMILES string of the molecule is NC(=S)c1c(F)cccc1NS(=O)(=O)c1ccc(Br)cc1. The Labute approximate surface area is 135 Å². The number of nitrogens with one attached hydrogen (secondary N) is 1. The van der Waals surface area contributed by atoms with E-state index in [1.54, 1.807) is 12.1 Å². The molecule has 2 aromatic carbocycles. The molecular weight excluding hydrogens is 379 g/mol. The molecule has 2 aromatic rings. The van der Waals surface area contributed by atoms with Crippen molar-refractivity contribution in [3.63, 3.8) is 0 Å². The van der Waals surface area contributed by atoms with Crippen LogP contribution in [0.2, 0.25) is 0 Å². The highest BCUT2D eigenvalue weighted by Crippen LogP contribution is 2.23. The first kappa shape index (κ1) is 15.9. The van der Waals surface area contributed by atoms with Crippen molar-refractivity contribution >= 4 is 48.8 Å². The van der Waals surface area contributed by atoms with E-state index in [9.17, 15) is 12.8 Å². The van der Waals surface area contributed by atoms with E-state index in [1.807, 2.05) is 0 Å². The standard InChI is InChI=1S/C13H10BrFN2O2S2/c14-8-4-6-9(7-5-8)21(18,19)17-11-3-1-2-10(15)12(11)13(16)20/h1-7,17H,(H2,16,20). The second-order valence-electron chi connectivity index (χ2n) is 4.09. The Morgan fingerprint density at radius 1 is 1.19 bits per heavy atom. The van der Waals surface area contributed by atoms with Gasteiger partial charge in [-0.2, -0.15) is 0 Å². The summed E-state index contributed by atoms with van der Waals surface area (Å²) in [5.74, 6) is -0.682. The van der Waals surface area contributed by atoms with Crippen LogP contribution in [0.3, 0.4) is 0 Å². The van der Waals surface area contributed by atoms with Gasteiger partial charge >= 0.3 is 0 Å². The molecule has 2 rings (SSSR count). The number of anilines is 1. The Balaban J connectivity index is 2.44. The van der Waals surface area contributed by atoms with Crippen molar-refractivity contribution < 1.29 is 12.8 Å². The molecule has 0 fully saturated rings. The van der Waals surface area contributed by atoms with Gasteiger partial charge in [-0.15, -0.1) is 0 Å². The second-order valence-corrected chi connectivity index (χ2v) is 7.12. The van der Waals surface area contributed by atoms with Crippen LogP contribution in [0.25, 0.3) is 0 Å². The molecule has 21 heavy (non-hydrogen) atoms. The first-order valence-corrected chi connectivity index (χ1v) is 8.36. The lowest BCUT2D eigenvalue weighted by Gasteiger charge is -2.12. The fraction of sp³-hybridized carbons (Fsp3) is 0. The summed E-state index contributed by atoms with van der Waals surface area (Å²) in [6.07, 6.45) is 0. The number of nitrogens with two attached hydrogens (primary N) is 1. The van der Waals surface area contributed by atoms with E-state index in [4.69, 9.17) is 18.0 Å². The van der Waals surface area contributed by atoms with Gasteiger partial charge in [0.15, 0.2) is 0 Å². The summed E-state index contributed by atoms with van der Waals surface area (Å²) in [7, 11) is -3.86. The average molecular weight is 389 g/mol. The quantitative estimate of drug-likeness (QED) is 0.789. The Morgan fingerprint density at radius 3 is 2.38 bits per heavy atom. The van der Waals surface area contributed by atoms with Gasteiger partial charge in [0.2, 0.25) is 0 Å². The molecule has 0 aliphatic heterocycles. The van der Waals surface area contributed by atoms with E-state index in [1.165, 1.54) is 24.3 Å². The molecule has 0 spiro atoms. The minimum absolute atomic E-state index is 0.00502. The molecule has 0 aromatic heterocycles. The van der Waals surface area contributed by atoms with Gasteiger partial charge in [0.1, 0.15) is 10.8 Å². The van der Waals surface area contributed by atoms with Gasteiger partial charge in [-0.1, -0.05) is 34.2 Å². The number of halogens is 2. The molecule has 0 aliphatic rings. The fourth-order valence-corrected chi connectivity index (χ4v) is 3.22. The van der Waals surface area contributed by atoms with E-state index in [0.717, 1.165) is 10.5 Å². The van der Waals surface area contributed by atoms with Gasteiger partial charge in [0.05, 0.1) is 16.1 Å². The number of hydrogen-bond donors (Lipinski definition) is 2. The molecule has 0 saturated carbocycles. The minimum atomic E-state index is -3.86. The Kier molecular flexibility index (Phi) is 4.60. The number of rotatable bonds is 4. The van der Waals surface area contributed by atoms with E-state index < -0.39 is 15.8 Å². The van der Waals surface area contributed by atoms with Crippen molar-refractivity contribution in [2.45, 2.75) is 4.90 Å². The molecule has 3 N–H and O–H groups in total. The van der Waals surface area contributed by atoms with Crippen molar-refractivity contribution in [2.24, 2.45) is 5.73 Å². The van der Waals surface area contributed by atoms with Crippen LogP contribution in [0.5, 0.6) is 0 Å². The van der Waals surface area contributed by atoms with Crippen molar-refractivity contribution in [3.05, 3.63) is 58.3 Å². The van der Waals surface area contributed by atoms with Crippen molar-refractivity contribution in [2.75, 3.05) is 4.72 Å². The zero-order valence-corrected chi connectivity index (χ0v) is 13.7. The monoisotopic (exact) mass is 388 g/mol. The molecule has 110 valence electrons. The molecule has 0 amide bonds. The lowest BCUT2D eigenvalue weighted by atomic mass is 10.2. The zero-order valence-electron chi connectivity index (χ0n) is 10.5. The predicted molar refractivity (Wildman–Crippen MR) is 87.2 cm³/mol. The maximum Gasteiger partial charge on any atom is 0.261 e. The third-order valence-electron chi connectivity index (χ3n) is 2.63. The second kappa shape index (κ2) is 6.08. The summed E-state index contributed by atoms with van der Waals surface area (Å²) in [6.45, 7) is 0. The van der Waals surface area contributed by atoms with Gasteiger partial charge < -0.3 is 5.73 Å². The Morgan fingerprint density at radius 2 is 1.81 bits per heavy atom. The van der Waals surface area contributed by atoms with Gasteiger partial charge in [0, 0.05) is 4.47 Å². The fourth-order valence-electron chi connectivity index (χ4n) is 1.68. The van der Waals surface area contributed by atoms with Gasteiger partial charge in [-0.3, -0.25) is 4.72 Å². The first-order chi connectivity index (χ1) is 9.81. The lowest BCUT2D eigenvalue weighted by Crippen LogP contribution is -2.19. The summed E-state index contributed by atoms with van der Waals surface area (Å²) < 4.78 is 41.3. The number of thiocarbonyl (C=S) groups is 1. The van der Waals surface area contributed by atoms with Crippen LogP contribution in [0.4, 0.5) is 10.1 Å². The largest absolute Gasteiger partial charge is 0.389 e. The lowest BCUT2D eigenvalue weighted by molar-refractivity contribution is 0.601. The molecule has 0 unspecified atom stereocenters. The normalized spacial score (nSPS) is 11.1. The van der Waals surface area contributed by atoms with E-state index in [-0.39, 0.29) is 21.1 Å². The molecular formula is C13H10BrFN2O2S2. The summed E-state index contributed by atoms with van der Waals surface area (Å²) >= 11 is 7.98. The van der Waals surface area contributed by atoms with Crippen molar-refractivity contribution in [1.82, 2.24) is 0 Å². The molecule has 0 aliphatic carbocycles. The molecule has 0 bridgehead atoms.